The summed E-state index contributed by atoms with van der Waals surface area (Å²) < 4.78 is 40.2. The largest absolute Gasteiger partial charge is 0.367 e. The number of nitrogens with one attached hydrogen (secondary N) is 3. The number of aryl methyl sites for hydroxylation is 1. The van der Waals surface area contributed by atoms with E-state index in [9.17, 15) is 12.8 Å². The van der Waals surface area contributed by atoms with E-state index in [0.29, 0.717) is 29.6 Å². The molecule has 0 aliphatic heterocycles. The summed E-state index contributed by atoms with van der Waals surface area (Å²) in [4.78, 5) is 4.19. The zero-order chi connectivity index (χ0) is 20.0. The van der Waals surface area contributed by atoms with Crippen LogP contribution in [0.3, 0.4) is 0 Å². The summed E-state index contributed by atoms with van der Waals surface area (Å²) in [5.74, 6) is 1.22. The zero-order valence-electron chi connectivity index (χ0n) is 15.1. The molecule has 3 N–H and O–H groups in total. The maximum Gasteiger partial charge on any atom is 0.240 e. The molecule has 0 atom stereocenters. The molecule has 0 aliphatic rings. The highest BCUT2D eigenvalue weighted by atomic mass is 32.2. The number of benzene rings is 1. The minimum absolute atomic E-state index is 0.0543. The molecule has 8 nitrogen and oxygen atoms in total. The average Bonchev–Trinajstić information content (AvgIpc) is 2.67. The SMILES string of the molecule is Cc1cc(F)ccc1S(=O)(=O)NCCNc1ccc(Nc2ccccn2)nn1. The number of anilines is 3. The van der Waals surface area contributed by atoms with Crippen LogP contribution in [0.5, 0.6) is 0 Å². The summed E-state index contributed by atoms with van der Waals surface area (Å²) in [6.07, 6.45) is 1.67. The van der Waals surface area contributed by atoms with Crippen molar-refractivity contribution in [2.45, 2.75) is 11.8 Å². The quantitative estimate of drug-likeness (QED) is 0.497. The molecule has 0 saturated heterocycles. The predicted molar refractivity (Wildman–Crippen MR) is 104 cm³/mol. The lowest BCUT2D eigenvalue weighted by molar-refractivity contribution is 0.581. The molecule has 1 aromatic carbocycles. The van der Waals surface area contributed by atoms with Gasteiger partial charge in [-0.1, -0.05) is 6.07 Å². The Balaban J connectivity index is 1.49. The van der Waals surface area contributed by atoms with Gasteiger partial charge in [0.15, 0.2) is 5.82 Å². The fourth-order valence-corrected chi connectivity index (χ4v) is 3.69. The fraction of sp³-hybridized carbons (Fsp3) is 0.167. The summed E-state index contributed by atoms with van der Waals surface area (Å²) in [6, 6.07) is 12.5. The molecule has 0 radical (unpaired) electrons. The van der Waals surface area contributed by atoms with Crippen molar-refractivity contribution in [1.29, 1.82) is 0 Å². The van der Waals surface area contributed by atoms with E-state index in [2.05, 4.69) is 30.5 Å². The number of halogens is 1. The molecule has 0 unspecified atom stereocenters. The Labute approximate surface area is 162 Å². The van der Waals surface area contributed by atoms with Crippen LogP contribution in [0.15, 0.2) is 59.6 Å². The Morgan fingerprint density at radius 3 is 2.43 bits per heavy atom. The number of sulfonamides is 1. The van der Waals surface area contributed by atoms with Gasteiger partial charge >= 0.3 is 0 Å². The highest BCUT2D eigenvalue weighted by Gasteiger charge is 2.16. The predicted octanol–water partition coefficient (Wildman–Crippen LogP) is 2.45. The smallest absolute Gasteiger partial charge is 0.240 e. The van der Waals surface area contributed by atoms with E-state index in [-0.39, 0.29) is 11.4 Å². The van der Waals surface area contributed by atoms with Gasteiger partial charge in [-0.25, -0.2) is 22.5 Å². The maximum atomic E-state index is 13.1. The normalized spacial score (nSPS) is 11.2. The molecular formula is C18H19FN6O2S. The average molecular weight is 402 g/mol. The zero-order valence-corrected chi connectivity index (χ0v) is 15.9. The van der Waals surface area contributed by atoms with E-state index in [1.807, 2.05) is 18.2 Å². The van der Waals surface area contributed by atoms with Crippen molar-refractivity contribution < 1.29 is 12.8 Å². The van der Waals surface area contributed by atoms with Gasteiger partial charge in [0, 0.05) is 19.3 Å². The standard InChI is InChI=1S/C18H19FN6O2S/c1-13-12-14(19)5-6-15(13)28(26,27)22-11-10-21-17-7-8-18(25-24-17)23-16-4-2-3-9-20-16/h2-9,12,22H,10-11H2,1H3,(H,21,24)(H,20,23,25). The molecule has 2 aromatic heterocycles. The second kappa shape index (κ2) is 8.72. The van der Waals surface area contributed by atoms with Crippen molar-refractivity contribution in [2.75, 3.05) is 23.7 Å². The molecule has 10 heteroatoms. The van der Waals surface area contributed by atoms with Crippen LogP contribution in [0.4, 0.5) is 21.8 Å². The molecule has 0 spiro atoms. The van der Waals surface area contributed by atoms with Gasteiger partial charge in [0.2, 0.25) is 10.0 Å². The first-order valence-electron chi connectivity index (χ1n) is 8.45. The molecule has 0 saturated carbocycles. The van der Waals surface area contributed by atoms with Crippen molar-refractivity contribution in [3.63, 3.8) is 0 Å². The third-order valence-electron chi connectivity index (χ3n) is 3.74. The molecule has 0 bridgehead atoms. The Kier molecular flexibility index (Phi) is 6.12. The van der Waals surface area contributed by atoms with Crippen LogP contribution in [0.2, 0.25) is 0 Å². The molecule has 2 heterocycles. The van der Waals surface area contributed by atoms with Gasteiger partial charge < -0.3 is 10.6 Å². The topological polar surface area (TPSA) is 109 Å². The second-order valence-electron chi connectivity index (χ2n) is 5.88. The Morgan fingerprint density at radius 1 is 0.964 bits per heavy atom. The van der Waals surface area contributed by atoms with Crippen molar-refractivity contribution in [3.05, 3.63) is 66.1 Å². The fourth-order valence-electron chi connectivity index (χ4n) is 2.43. The molecule has 3 aromatic rings. The Morgan fingerprint density at radius 2 is 1.75 bits per heavy atom. The third-order valence-corrected chi connectivity index (χ3v) is 5.36. The summed E-state index contributed by atoms with van der Waals surface area (Å²) in [7, 11) is -3.71. The maximum absolute atomic E-state index is 13.1. The van der Waals surface area contributed by atoms with Crippen molar-refractivity contribution in [1.82, 2.24) is 19.9 Å². The number of aromatic nitrogens is 3. The summed E-state index contributed by atoms with van der Waals surface area (Å²) in [6.45, 7) is 1.99. The number of nitrogens with zero attached hydrogens (tertiary/aromatic N) is 3. The van der Waals surface area contributed by atoms with Crippen LogP contribution in [-0.2, 0) is 10.0 Å². The summed E-state index contributed by atoms with van der Waals surface area (Å²) in [5, 5.41) is 14.0. The van der Waals surface area contributed by atoms with Gasteiger partial charge in [0.25, 0.3) is 0 Å². The lowest BCUT2D eigenvalue weighted by Gasteiger charge is -2.10. The van der Waals surface area contributed by atoms with Crippen molar-refractivity contribution >= 4 is 27.5 Å². The highest BCUT2D eigenvalue weighted by molar-refractivity contribution is 7.89. The van der Waals surface area contributed by atoms with Crippen LogP contribution in [0, 0.1) is 12.7 Å². The van der Waals surface area contributed by atoms with Gasteiger partial charge in [-0.2, -0.15) is 0 Å². The number of rotatable bonds is 8. The Bertz CT molecular complexity index is 1030. The van der Waals surface area contributed by atoms with Gasteiger partial charge in [-0.05, 0) is 55.0 Å². The molecule has 28 heavy (non-hydrogen) atoms. The number of pyridine rings is 1. The third kappa shape index (κ3) is 5.21. The second-order valence-corrected chi connectivity index (χ2v) is 7.61. The van der Waals surface area contributed by atoms with Crippen LogP contribution < -0.4 is 15.4 Å². The van der Waals surface area contributed by atoms with E-state index in [1.165, 1.54) is 12.1 Å². The van der Waals surface area contributed by atoms with Crippen LogP contribution in [0.1, 0.15) is 5.56 Å². The number of hydrogen-bond acceptors (Lipinski definition) is 7. The van der Waals surface area contributed by atoms with E-state index >= 15 is 0 Å². The minimum Gasteiger partial charge on any atom is -0.367 e. The van der Waals surface area contributed by atoms with Gasteiger partial charge in [-0.3, -0.25) is 0 Å². The van der Waals surface area contributed by atoms with E-state index < -0.39 is 15.8 Å². The summed E-state index contributed by atoms with van der Waals surface area (Å²) >= 11 is 0. The molecule has 0 fully saturated rings. The van der Waals surface area contributed by atoms with Crippen LogP contribution in [0.25, 0.3) is 0 Å². The minimum atomic E-state index is -3.71. The first-order valence-corrected chi connectivity index (χ1v) is 9.94. The lowest BCUT2D eigenvalue weighted by atomic mass is 10.2. The van der Waals surface area contributed by atoms with Crippen LogP contribution in [-0.4, -0.2) is 36.7 Å². The van der Waals surface area contributed by atoms with Gasteiger partial charge in [0.1, 0.15) is 17.5 Å². The van der Waals surface area contributed by atoms with Crippen molar-refractivity contribution in [2.24, 2.45) is 0 Å². The van der Waals surface area contributed by atoms with Gasteiger partial charge in [-0.15, -0.1) is 10.2 Å². The number of hydrogen-bond donors (Lipinski definition) is 3. The van der Waals surface area contributed by atoms with Gasteiger partial charge in [0.05, 0.1) is 4.90 Å². The highest BCUT2D eigenvalue weighted by Crippen LogP contribution is 2.16. The molecule has 3 rings (SSSR count). The van der Waals surface area contributed by atoms with Crippen LogP contribution >= 0.6 is 0 Å². The molecule has 0 amide bonds. The first-order chi connectivity index (χ1) is 13.4. The molecule has 146 valence electrons. The Hall–Kier alpha value is -3.11. The van der Waals surface area contributed by atoms with E-state index in [1.54, 1.807) is 25.3 Å². The monoisotopic (exact) mass is 402 g/mol. The molecular weight excluding hydrogens is 383 g/mol. The van der Waals surface area contributed by atoms with Crippen molar-refractivity contribution in [3.8, 4) is 0 Å². The molecule has 0 aliphatic carbocycles. The lowest BCUT2D eigenvalue weighted by Crippen LogP contribution is -2.29. The first kappa shape index (κ1) is 19.6. The summed E-state index contributed by atoms with van der Waals surface area (Å²) in [5.41, 5.74) is 0.349. The van der Waals surface area contributed by atoms with E-state index in [4.69, 9.17) is 0 Å². The van der Waals surface area contributed by atoms with E-state index in [0.717, 1.165) is 6.07 Å².